The lowest BCUT2D eigenvalue weighted by Crippen LogP contribution is -2.29. The minimum absolute atomic E-state index is 0.121. The lowest BCUT2D eigenvalue weighted by atomic mass is 10.1. The van der Waals surface area contributed by atoms with Crippen LogP contribution in [0.25, 0.3) is 0 Å². The van der Waals surface area contributed by atoms with E-state index in [2.05, 4.69) is 20.6 Å². The molecule has 0 atom stereocenters. The van der Waals surface area contributed by atoms with Crippen LogP contribution >= 0.6 is 11.6 Å². The largest absolute Gasteiger partial charge is 0.381 e. The number of carbonyl (C=O) groups is 1. The van der Waals surface area contributed by atoms with Crippen LogP contribution in [0.1, 0.15) is 35.9 Å². The highest BCUT2D eigenvalue weighted by atomic mass is 35.5. The van der Waals surface area contributed by atoms with E-state index in [0.717, 1.165) is 31.7 Å². The van der Waals surface area contributed by atoms with E-state index in [1.54, 1.807) is 7.05 Å². The Bertz CT molecular complexity index is 490. The van der Waals surface area contributed by atoms with Gasteiger partial charge in [-0.1, -0.05) is 18.5 Å². The Morgan fingerprint density at radius 1 is 1.40 bits per heavy atom. The van der Waals surface area contributed by atoms with E-state index in [4.69, 9.17) is 16.3 Å². The van der Waals surface area contributed by atoms with Gasteiger partial charge in [0, 0.05) is 26.3 Å². The van der Waals surface area contributed by atoms with E-state index in [-0.39, 0.29) is 16.8 Å². The highest BCUT2D eigenvalue weighted by molar-refractivity contribution is 6.32. The molecule has 6 nitrogen and oxygen atoms in total. The molecule has 0 bridgehead atoms. The van der Waals surface area contributed by atoms with Crippen molar-refractivity contribution in [3.63, 3.8) is 0 Å². The third kappa shape index (κ3) is 3.37. The minimum atomic E-state index is -0.324. The monoisotopic (exact) mass is 298 g/mol. The van der Waals surface area contributed by atoms with Crippen LogP contribution in [0.4, 0.5) is 5.82 Å². The zero-order valence-corrected chi connectivity index (χ0v) is 12.5. The molecule has 1 saturated heterocycles. The van der Waals surface area contributed by atoms with Gasteiger partial charge in [0.2, 0.25) is 0 Å². The molecule has 1 aliphatic rings. The number of carbonyl (C=O) groups excluding carboxylic acids is 1. The van der Waals surface area contributed by atoms with Crippen molar-refractivity contribution in [3.8, 4) is 0 Å². The topological polar surface area (TPSA) is 76.1 Å². The van der Waals surface area contributed by atoms with Gasteiger partial charge >= 0.3 is 0 Å². The number of nitrogens with zero attached hydrogens (tertiary/aromatic N) is 2. The predicted octanol–water partition coefficient (Wildman–Crippen LogP) is 1.64. The average Bonchev–Trinajstić information content (AvgIpc) is 2.48. The van der Waals surface area contributed by atoms with E-state index >= 15 is 0 Å². The van der Waals surface area contributed by atoms with Crippen molar-refractivity contribution in [1.82, 2.24) is 15.3 Å². The second-order valence-electron chi connectivity index (χ2n) is 4.62. The van der Waals surface area contributed by atoms with Crippen LogP contribution < -0.4 is 10.6 Å². The van der Waals surface area contributed by atoms with Crippen LogP contribution in [0.2, 0.25) is 5.15 Å². The van der Waals surface area contributed by atoms with Crippen LogP contribution in [0.3, 0.4) is 0 Å². The smallest absolute Gasteiger partial charge is 0.272 e. The van der Waals surface area contributed by atoms with Crippen LogP contribution in [0.15, 0.2) is 0 Å². The average molecular weight is 299 g/mol. The maximum atomic E-state index is 11.7. The number of aromatic nitrogens is 2. The summed E-state index contributed by atoms with van der Waals surface area (Å²) in [6.07, 6.45) is 2.54. The number of hydrogen-bond acceptors (Lipinski definition) is 5. The van der Waals surface area contributed by atoms with Crippen molar-refractivity contribution in [2.24, 2.45) is 0 Å². The Morgan fingerprint density at radius 2 is 2.10 bits per heavy atom. The molecule has 1 aromatic heterocycles. The summed E-state index contributed by atoms with van der Waals surface area (Å²) in [5.74, 6) is 0.340. The first-order valence-electron chi connectivity index (χ1n) is 6.78. The Labute approximate surface area is 123 Å². The van der Waals surface area contributed by atoms with Gasteiger partial charge in [0.1, 0.15) is 5.82 Å². The summed E-state index contributed by atoms with van der Waals surface area (Å²) in [6, 6.07) is 0.310. The standard InChI is InChI=1S/C13H19ClN4O2/c1-3-9-12(16-8-4-6-20-7-5-8)18-11(14)10(17-9)13(19)15-2/h8H,3-7H2,1-2H3,(H,15,19)(H,16,18). The summed E-state index contributed by atoms with van der Waals surface area (Å²) in [5, 5.41) is 5.99. The Hall–Kier alpha value is -1.40. The summed E-state index contributed by atoms with van der Waals surface area (Å²) in [4.78, 5) is 20.3. The van der Waals surface area contributed by atoms with Crippen molar-refractivity contribution in [2.75, 3.05) is 25.6 Å². The van der Waals surface area contributed by atoms with E-state index in [1.807, 2.05) is 6.92 Å². The molecule has 0 unspecified atom stereocenters. The van der Waals surface area contributed by atoms with Crippen LogP contribution in [0.5, 0.6) is 0 Å². The molecule has 0 radical (unpaired) electrons. The number of nitrogens with one attached hydrogen (secondary N) is 2. The van der Waals surface area contributed by atoms with Crippen LogP contribution in [-0.2, 0) is 11.2 Å². The molecule has 20 heavy (non-hydrogen) atoms. The van der Waals surface area contributed by atoms with E-state index in [1.165, 1.54) is 0 Å². The van der Waals surface area contributed by atoms with Gasteiger partial charge in [0.05, 0.1) is 5.69 Å². The van der Waals surface area contributed by atoms with Crippen LogP contribution in [-0.4, -0.2) is 42.2 Å². The molecule has 0 aliphatic carbocycles. The van der Waals surface area contributed by atoms with Gasteiger partial charge in [-0.15, -0.1) is 0 Å². The molecule has 1 amide bonds. The Balaban J connectivity index is 2.23. The first kappa shape index (κ1) is 15.0. The summed E-state index contributed by atoms with van der Waals surface area (Å²) in [7, 11) is 1.54. The third-order valence-corrected chi connectivity index (χ3v) is 3.53. The molecule has 0 aromatic carbocycles. The molecule has 1 fully saturated rings. The van der Waals surface area contributed by atoms with Gasteiger partial charge in [0.25, 0.3) is 5.91 Å². The maximum Gasteiger partial charge on any atom is 0.272 e. The number of anilines is 1. The van der Waals surface area contributed by atoms with Crippen LogP contribution in [0, 0.1) is 0 Å². The van der Waals surface area contributed by atoms with Crippen molar-refractivity contribution < 1.29 is 9.53 Å². The minimum Gasteiger partial charge on any atom is -0.381 e. The fraction of sp³-hybridized carbons (Fsp3) is 0.615. The van der Waals surface area contributed by atoms with Crippen molar-refractivity contribution in [2.45, 2.75) is 32.2 Å². The van der Waals surface area contributed by atoms with Gasteiger partial charge in [-0.25, -0.2) is 9.97 Å². The second kappa shape index (κ2) is 6.85. The molecule has 110 valence electrons. The molecule has 0 spiro atoms. The van der Waals surface area contributed by atoms with Crippen molar-refractivity contribution in [3.05, 3.63) is 16.5 Å². The molecule has 1 aliphatic heterocycles. The SMILES string of the molecule is CCc1nc(C(=O)NC)c(Cl)nc1NC1CCOCC1. The predicted molar refractivity (Wildman–Crippen MR) is 77.3 cm³/mol. The second-order valence-corrected chi connectivity index (χ2v) is 4.98. The molecule has 2 N–H and O–H groups in total. The number of aryl methyl sites for hydroxylation is 1. The lowest BCUT2D eigenvalue weighted by Gasteiger charge is -2.24. The highest BCUT2D eigenvalue weighted by Crippen LogP contribution is 2.21. The normalized spacial score (nSPS) is 15.9. The molecule has 1 aromatic rings. The quantitative estimate of drug-likeness (QED) is 0.884. The molecular weight excluding hydrogens is 280 g/mol. The molecule has 7 heteroatoms. The molecule has 2 heterocycles. The van der Waals surface area contributed by atoms with Crippen molar-refractivity contribution >= 4 is 23.3 Å². The van der Waals surface area contributed by atoms with Gasteiger partial charge in [-0.2, -0.15) is 0 Å². The van der Waals surface area contributed by atoms with Gasteiger partial charge in [-0.3, -0.25) is 4.79 Å². The number of ether oxygens (including phenoxy) is 1. The highest BCUT2D eigenvalue weighted by Gasteiger charge is 2.20. The fourth-order valence-electron chi connectivity index (χ4n) is 2.11. The van der Waals surface area contributed by atoms with E-state index in [0.29, 0.717) is 18.3 Å². The first-order valence-corrected chi connectivity index (χ1v) is 7.16. The number of amides is 1. The summed E-state index contributed by atoms with van der Waals surface area (Å²) < 4.78 is 5.33. The zero-order chi connectivity index (χ0) is 14.5. The zero-order valence-electron chi connectivity index (χ0n) is 11.7. The first-order chi connectivity index (χ1) is 9.65. The summed E-state index contributed by atoms with van der Waals surface area (Å²) in [5.41, 5.74) is 0.919. The van der Waals surface area contributed by atoms with Gasteiger partial charge < -0.3 is 15.4 Å². The third-order valence-electron chi connectivity index (χ3n) is 3.26. The number of hydrogen-bond donors (Lipinski definition) is 2. The van der Waals surface area contributed by atoms with Gasteiger partial charge in [-0.05, 0) is 19.3 Å². The summed E-state index contributed by atoms with van der Waals surface area (Å²) in [6.45, 7) is 3.47. The van der Waals surface area contributed by atoms with E-state index in [9.17, 15) is 4.79 Å². The maximum absolute atomic E-state index is 11.7. The Kier molecular flexibility index (Phi) is 5.14. The molecule has 0 saturated carbocycles. The Morgan fingerprint density at radius 3 is 2.70 bits per heavy atom. The van der Waals surface area contributed by atoms with E-state index < -0.39 is 0 Å². The molecular formula is C13H19ClN4O2. The fourth-order valence-corrected chi connectivity index (χ4v) is 2.32. The number of rotatable bonds is 4. The van der Waals surface area contributed by atoms with Crippen molar-refractivity contribution in [1.29, 1.82) is 0 Å². The summed E-state index contributed by atoms with van der Waals surface area (Å²) >= 11 is 6.05. The number of halogens is 1. The lowest BCUT2D eigenvalue weighted by molar-refractivity contribution is 0.0903. The van der Waals surface area contributed by atoms with Gasteiger partial charge in [0.15, 0.2) is 10.8 Å². The molecule has 2 rings (SSSR count).